The molecule has 176 valence electrons. The lowest BCUT2D eigenvalue weighted by Gasteiger charge is -2.30. The molecule has 33 heavy (non-hydrogen) atoms. The molecule has 2 amide bonds. The molecule has 1 aliphatic rings. The van der Waals surface area contributed by atoms with Crippen molar-refractivity contribution in [1.29, 1.82) is 0 Å². The van der Waals surface area contributed by atoms with Gasteiger partial charge in [0.25, 0.3) is 0 Å². The van der Waals surface area contributed by atoms with Gasteiger partial charge in [-0.2, -0.15) is 0 Å². The highest BCUT2D eigenvalue weighted by molar-refractivity contribution is 5.95. The molecule has 0 aromatic heterocycles. The Balaban J connectivity index is 2.03. The van der Waals surface area contributed by atoms with E-state index in [1.165, 1.54) is 14.2 Å². The van der Waals surface area contributed by atoms with Crippen molar-refractivity contribution in [1.82, 2.24) is 10.6 Å². The molecule has 0 spiro atoms. The Labute approximate surface area is 193 Å². The van der Waals surface area contributed by atoms with Crippen LogP contribution in [-0.4, -0.2) is 32.8 Å². The third-order valence-electron chi connectivity index (χ3n) is 5.19. The molecule has 1 heterocycles. The van der Waals surface area contributed by atoms with Crippen molar-refractivity contribution in [2.75, 3.05) is 20.8 Å². The third kappa shape index (κ3) is 5.58. The molecule has 3 rings (SSSR count). The lowest BCUT2D eigenvalue weighted by atomic mass is 9.93. The number of rotatable bonds is 10. The molecule has 1 unspecified atom stereocenters. The Hall–Kier alpha value is -3.68. The highest BCUT2D eigenvalue weighted by Crippen LogP contribution is 2.42. The molecule has 0 fully saturated rings. The van der Waals surface area contributed by atoms with E-state index in [-0.39, 0.29) is 12.6 Å². The first-order valence-corrected chi connectivity index (χ1v) is 10.9. The number of hydrogen-bond donors (Lipinski definition) is 2. The summed E-state index contributed by atoms with van der Waals surface area (Å²) < 4.78 is 22.5. The van der Waals surface area contributed by atoms with E-state index in [2.05, 4.69) is 10.6 Å². The summed E-state index contributed by atoms with van der Waals surface area (Å²) in [6, 6.07) is 12.1. The van der Waals surface area contributed by atoms with Crippen LogP contribution in [0.1, 0.15) is 43.9 Å². The van der Waals surface area contributed by atoms with Gasteiger partial charge in [0.05, 0.1) is 32.4 Å². The van der Waals surface area contributed by atoms with E-state index < -0.39 is 12.0 Å². The van der Waals surface area contributed by atoms with Crippen LogP contribution in [0.3, 0.4) is 0 Å². The van der Waals surface area contributed by atoms with Crippen molar-refractivity contribution < 1.29 is 28.5 Å². The summed E-state index contributed by atoms with van der Waals surface area (Å²) in [4.78, 5) is 25.2. The Morgan fingerprint density at radius 2 is 1.70 bits per heavy atom. The van der Waals surface area contributed by atoms with Crippen LogP contribution in [0.15, 0.2) is 53.7 Å². The number of methoxy groups -OCH3 is 2. The first kappa shape index (κ1) is 24.0. The largest absolute Gasteiger partial charge is 0.493 e. The molecule has 2 N–H and O–H groups in total. The van der Waals surface area contributed by atoms with Crippen molar-refractivity contribution in [3.63, 3.8) is 0 Å². The van der Waals surface area contributed by atoms with E-state index in [4.69, 9.17) is 18.9 Å². The standard InChI is InChI=1S/C25H30N2O6/c1-5-10-18-21(24(28)32-6-2)22(27-25(29)26-18)17-13-19(30-3)23(20(14-17)31-4)33-15-16-11-8-7-9-12-16/h7-9,11-14,22H,5-6,10,15H2,1-4H3,(H2,26,27,29). The van der Waals surface area contributed by atoms with Gasteiger partial charge in [-0.05, 0) is 36.6 Å². The van der Waals surface area contributed by atoms with Gasteiger partial charge in [0.1, 0.15) is 6.61 Å². The van der Waals surface area contributed by atoms with Gasteiger partial charge in [-0.1, -0.05) is 43.7 Å². The van der Waals surface area contributed by atoms with Gasteiger partial charge in [-0.15, -0.1) is 0 Å². The van der Waals surface area contributed by atoms with Gasteiger partial charge in [-0.25, -0.2) is 9.59 Å². The zero-order chi connectivity index (χ0) is 23.8. The summed E-state index contributed by atoms with van der Waals surface area (Å²) in [5.74, 6) is 0.797. The molecule has 8 nitrogen and oxygen atoms in total. The molecular formula is C25H30N2O6. The number of carbonyl (C=O) groups is 2. The van der Waals surface area contributed by atoms with Gasteiger partial charge < -0.3 is 29.6 Å². The zero-order valence-electron chi connectivity index (χ0n) is 19.4. The minimum atomic E-state index is -0.731. The number of allylic oxidation sites excluding steroid dienone is 1. The van der Waals surface area contributed by atoms with E-state index in [9.17, 15) is 9.59 Å². The van der Waals surface area contributed by atoms with Crippen LogP contribution in [0.5, 0.6) is 17.2 Å². The zero-order valence-corrected chi connectivity index (χ0v) is 19.4. The minimum Gasteiger partial charge on any atom is -0.493 e. The summed E-state index contributed by atoms with van der Waals surface area (Å²) in [6.45, 7) is 4.27. The normalized spacial score (nSPS) is 15.4. The molecule has 2 aromatic rings. The fraction of sp³-hybridized carbons (Fsp3) is 0.360. The average Bonchev–Trinajstić information content (AvgIpc) is 2.82. The Morgan fingerprint density at radius 3 is 2.27 bits per heavy atom. The SMILES string of the molecule is CCCC1=C(C(=O)OCC)C(c2cc(OC)c(OCc3ccccc3)c(OC)c2)NC(=O)N1. The van der Waals surface area contributed by atoms with Crippen molar-refractivity contribution in [2.45, 2.75) is 39.3 Å². The molecular weight excluding hydrogens is 424 g/mol. The van der Waals surface area contributed by atoms with Crippen molar-refractivity contribution in [3.8, 4) is 17.2 Å². The van der Waals surface area contributed by atoms with Crippen LogP contribution < -0.4 is 24.8 Å². The number of urea groups is 1. The van der Waals surface area contributed by atoms with Crippen molar-refractivity contribution >= 4 is 12.0 Å². The van der Waals surface area contributed by atoms with E-state index in [0.29, 0.717) is 47.1 Å². The maximum atomic E-state index is 12.9. The van der Waals surface area contributed by atoms with Crippen LogP contribution in [0.2, 0.25) is 0 Å². The molecule has 0 aliphatic carbocycles. The van der Waals surface area contributed by atoms with Crippen molar-refractivity contribution in [3.05, 3.63) is 64.9 Å². The van der Waals surface area contributed by atoms with Gasteiger partial charge >= 0.3 is 12.0 Å². The summed E-state index contributed by atoms with van der Waals surface area (Å²) in [5, 5.41) is 5.58. The second kappa shape index (κ2) is 11.3. The van der Waals surface area contributed by atoms with Gasteiger partial charge in [0.2, 0.25) is 5.75 Å². The first-order chi connectivity index (χ1) is 16.0. The number of hydrogen-bond acceptors (Lipinski definition) is 6. The molecule has 0 bridgehead atoms. The van der Waals surface area contributed by atoms with Crippen LogP contribution in [0, 0.1) is 0 Å². The fourth-order valence-corrected chi connectivity index (χ4v) is 3.70. The highest BCUT2D eigenvalue weighted by Gasteiger charge is 2.34. The third-order valence-corrected chi connectivity index (χ3v) is 5.19. The topological polar surface area (TPSA) is 95.1 Å². The maximum absolute atomic E-state index is 12.9. The van der Waals surface area contributed by atoms with Crippen LogP contribution >= 0.6 is 0 Å². The Bertz CT molecular complexity index is 994. The monoisotopic (exact) mass is 454 g/mol. The highest BCUT2D eigenvalue weighted by atomic mass is 16.5. The number of nitrogens with one attached hydrogen (secondary N) is 2. The van der Waals surface area contributed by atoms with Gasteiger partial charge in [0, 0.05) is 5.70 Å². The number of benzene rings is 2. The first-order valence-electron chi connectivity index (χ1n) is 10.9. The quantitative estimate of drug-likeness (QED) is 0.521. The molecule has 1 atom stereocenters. The Morgan fingerprint density at radius 1 is 1.03 bits per heavy atom. The fourth-order valence-electron chi connectivity index (χ4n) is 3.70. The summed E-state index contributed by atoms with van der Waals surface area (Å²) in [7, 11) is 3.05. The van der Waals surface area contributed by atoms with Crippen LogP contribution in [-0.2, 0) is 16.1 Å². The van der Waals surface area contributed by atoms with E-state index in [1.807, 2.05) is 37.3 Å². The molecule has 0 saturated carbocycles. The van der Waals surface area contributed by atoms with E-state index in [0.717, 1.165) is 12.0 Å². The summed E-state index contributed by atoms with van der Waals surface area (Å²) in [5.41, 5.74) is 2.52. The molecule has 2 aromatic carbocycles. The predicted octanol–water partition coefficient (Wildman–Crippen LogP) is 4.25. The smallest absolute Gasteiger partial charge is 0.338 e. The van der Waals surface area contributed by atoms with Crippen LogP contribution in [0.4, 0.5) is 4.79 Å². The molecule has 0 saturated heterocycles. The lowest BCUT2D eigenvalue weighted by Crippen LogP contribution is -2.46. The minimum absolute atomic E-state index is 0.224. The lowest BCUT2D eigenvalue weighted by molar-refractivity contribution is -0.139. The predicted molar refractivity (Wildman–Crippen MR) is 123 cm³/mol. The summed E-state index contributed by atoms with van der Waals surface area (Å²) >= 11 is 0. The number of amides is 2. The second-order valence-corrected chi connectivity index (χ2v) is 7.42. The van der Waals surface area contributed by atoms with E-state index >= 15 is 0 Å². The molecule has 8 heteroatoms. The maximum Gasteiger partial charge on any atom is 0.338 e. The van der Waals surface area contributed by atoms with Crippen molar-refractivity contribution in [2.24, 2.45) is 0 Å². The Kier molecular flexibility index (Phi) is 8.18. The summed E-state index contributed by atoms with van der Waals surface area (Å²) in [6.07, 6.45) is 1.29. The number of esters is 1. The van der Waals surface area contributed by atoms with Gasteiger partial charge in [-0.3, -0.25) is 0 Å². The number of ether oxygens (including phenoxy) is 4. The van der Waals surface area contributed by atoms with E-state index in [1.54, 1.807) is 19.1 Å². The van der Waals surface area contributed by atoms with Crippen LogP contribution in [0.25, 0.3) is 0 Å². The van der Waals surface area contributed by atoms with Gasteiger partial charge in [0.15, 0.2) is 11.5 Å². The second-order valence-electron chi connectivity index (χ2n) is 7.42. The molecule has 1 aliphatic heterocycles. The average molecular weight is 455 g/mol. The molecule has 0 radical (unpaired) electrons. The number of carbonyl (C=O) groups excluding carboxylic acids is 2.